The third-order valence-corrected chi connectivity index (χ3v) is 3.69. The second-order valence-electron chi connectivity index (χ2n) is 5.53. The van der Waals surface area contributed by atoms with Crippen molar-refractivity contribution in [3.05, 3.63) is 42.5 Å². The number of nitrogens with one attached hydrogen (secondary N) is 2. The van der Waals surface area contributed by atoms with Crippen LogP contribution in [0.3, 0.4) is 0 Å². The second kappa shape index (κ2) is 9.54. The van der Waals surface area contributed by atoms with Crippen molar-refractivity contribution in [3.8, 4) is 0 Å². The van der Waals surface area contributed by atoms with Crippen molar-refractivity contribution >= 4 is 11.6 Å². The minimum absolute atomic E-state index is 0.510. The molecule has 0 bridgehead atoms. The molecule has 0 aliphatic rings. The molecule has 0 saturated heterocycles. The molecule has 1 aromatic heterocycles. The highest BCUT2D eigenvalue weighted by Gasteiger charge is 2.02. The van der Waals surface area contributed by atoms with Crippen LogP contribution >= 0.6 is 0 Å². The van der Waals surface area contributed by atoms with E-state index in [2.05, 4.69) is 68.8 Å². The standard InChI is InChI=1S/C17H27N7/c1-4-18-17(20-13-16-21-14-22-24(16)3)19-11-8-12-23(2)15-9-6-5-7-10-15/h5-7,9-10,14H,4,8,11-13H2,1-3H3,(H2,18,19,20). The first-order valence-electron chi connectivity index (χ1n) is 8.32. The Morgan fingerprint density at radius 3 is 2.71 bits per heavy atom. The molecule has 7 heteroatoms. The number of aliphatic imine (C=N–C) groups is 1. The van der Waals surface area contributed by atoms with E-state index >= 15 is 0 Å². The zero-order chi connectivity index (χ0) is 17.2. The molecule has 0 aliphatic carbocycles. The Morgan fingerprint density at radius 2 is 2.04 bits per heavy atom. The van der Waals surface area contributed by atoms with Crippen molar-refractivity contribution < 1.29 is 0 Å². The van der Waals surface area contributed by atoms with Crippen molar-refractivity contribution in [1.29, 1.82) is 0 Å². The Hall–Kier alpha value is -2.57. The van der Waals surface area contributed by atoms with Crippen molar-refractivity contribution in [2.45, 2.75) is 19.9 Å². The molecule has 2 rings (SSSR count). The summed E-state index contributed by atoms with van der Waals surface area (Å²) < 4.78 is 1.74. The summed E-state index contributed by atoms with van der Waals surface area (Å²) in [5.41, 5.74) is 1.24. The summed E-state index contributed by atoms with van der Waals surface area (Å²) in [5.74, 6) is 1.65. The number of nitrogens with zero attached hydrogens (tertiary/aromatic N) is 5. The summed E-state index contributed by atoms with van der Waals surface area (Å²) in [6, 6.07) is 10.4. The monoisotopic (exact) mass is 329 g/mol. The largest absolute Gasteiger partial charge is 0.375 e. The fourth-order valence-corrected chi connectivity index (χ4v) is 2.29. The number of benzene rings is 1. The normalized spacial score (nSPS) is 11.4. The SMILES string of the molecule is CCNC(=NCc1ncnn1C)NCCCN(C)c1ccccc1. The molecule has 0 unspecified atom stereocenters. The second-order valence-corrected chi connectivity index (χ2v) is 5.53. The van der Waals surface area contributed by atoms with E-state index < -0.39 is 0 Å². The van der Waals surface area contributed by atoms with Gasteiger partial charge in [-0.1, -0.05) is 18.2 Å². The Balaban J connectivity index is 1.76. The fraction of sp³-hybridized carbons (Fsp3) is 0.471. The van der Waals surface area contributed by atoms with Crippen LogP contribution < -0.4 is 15.5 Å². The van der Waals surface area contributed by atoms with Crippen LogP contribution in [0.25, 0.3) is 0 Å². The van der Waals surface area contributed by atoms with Crippen LogP contribution in [0.15, 0.2) is 41.7 Å². The predicted molar refractivity (Wildman–Crippen MR) is 98.2 cm³/mol. The van der Waals surface area contributed by atoms with Crippen molar-refractivity contribution in [1.82, 2.24) is 25.4 Å². The lowest BCUT2D eigenvalue weighted by Crippen LogP contribution is -2.38. The van der Waals surface area contributed by atoms with Crippen molar-refractivity contribution in [2.24, 2.45) is 12.0 Å². The number of rotatable bonds is 8. The molecule has 0 aliphatic heterocycles. The van der Waals surface area contributed by atoms with Crippen molar-refractivity contribution in [3.63, 3.8) is 0 Å². The maximum atomic E-state index is 4.55. The van der Waals surface area contributed by atoms with E-state index in [0.29, 0.717) is 6.54 Å². The lowest BCUT2D eigenvalue weighted by molar-refractivity contribution is 0.693. The summed E-state index contributed by atoms with van der Waals surface area (Å²) >= 11 is 0. The first-order chi connectivity index (χ1) is 11.7. The number of aryl methyl sites for hydroxylation is 1. The lowest BCUT2D eigenvalue weighted by atomic mass is 10.3. The third-order valence-electron chi connectivity index (χ3n) is 3.69. The topological polar surface area (TPSA) is 70.4 Å². The number of hydrogen-bond donors (Lipinski definition) is 2. The van der Waals surface area contributed by atoms with Gasteiger partial charge in [-0.05, 0) is 25.5 Å². The van der Waals surface area contributed by atoms with Crippen LogP contribution in [0.4, 0.5) is 5.69 Å². The lowest BCUT2D eigenvalue weighted by Gasteiger charge is -2.19. The van der Waals surface area contributed by atoms with Gasteiger partial charge < -0.3 is 15.5 Å². The average molecular weight is 329 g/mol. The summed E-state index contributed by atoms with van der Waals surface area (Å²) in [6.45, 7) is 5.24. The maximum Gasteiger partial charge on any atom is 0.191 e. The average Bonchev–Trinajstić information content (AvgIpc) is 3.02. The molecule has 0 radical (unpaired) electrons. The van der Waals surface area contributed by atoms with Crippen molar-refractivity contribution in [2.75, 3.05) is 31.6 Å². The van der Waals surface area contributed by atoms with Gasteiger partial charge in [0.2, 0.25) is 0 Å². The Bertz CT molecular complexity index is 621. The van der Waals surface area contributed by atoms with E-state index in [9.17, 15) is 0 Å². The summed E-state index contributed by atoms with van der Waals surface area (Å²) in [6.07, 6.45) is 2.57. The van der Waals surface area contributed by atoms with Crippen LogP contribution in [0.1, 0.15) is 19.2 Å². The molecule has 1 heterocycles. The molecule has 0 amide bonds. The minimum Gasteiger partial charge on any atom is -0.375 e. The smallest absolute Gasteiger partial charge is 0.191 e. The van der Waals surface area contributed by atoms with Gasteiger partial charge in [0, 0.05) is 39.4 Å². The summed E-state index contributed by atoms with van der Waals surface area (Å²) in [4.78, 5) is 11.0. The van der Waals surface area contributed by atoms with E-state index in [0.717, 1.165) is 37.8 Å². The van der Waals surface area contributed by atoms with E-state index in [-0.39, 0.29) is 0 Å². The highest BCUT2D eigenvalue weighted by Crippen LogP contribution is 2.10. The molecule has 0 spiro atoms. The van der Waals surface area contributed by atoms with Gasteiger partial charge in [0.25, 0.3) is 0 Å². The van der Waals surface area contributed by atoms with Crippen LogP contribution in [0.5, 0.6) is 0 Å². The molecular formula is C17H27N7. The molecule has 7 nitrogen and oxygen atoms in total. The summed E-state index contributed by atoms with van der Waals surface area (Å²) in [7, 11) is 3.99. The maximum absolute atomic E-state index is 4.55. The van der Waals surface area contributed by atoms with Gasteiger partial charge in [-0.25, -0.2) is 9.98 Å². The highest BCUT2D eigenvalue weighted by atomic mass is 15.3. The van der Waals surface area contributed by atoms with Gasteiger partial charge in [0.15, 0.2) is 5.96 Å². The van der Waals surface area contributed by atoms with Gasteiger partial charge in [-0.2, -0.15) is 5.10 Å². The molecular weight excluding hydrogens is 302 g/mol. The van der Waals surface area contributed by atoms with Gasteiger partial charge in [0.1, 0.15) is 18.7 Å². The van der Waals surface area contributed by atoms with Gasteiger partial charge in [0.05, 0.1) is 0 Å². The molecule has 24 heavy (non-hydrogen) atoms. The molecule has 2 aromatic rings. The zero-order valence-corrected chi connectivity index (χ0v) is 14.7. The van der Waals surface area contributed by atoms with Crippen LogP contribution in [0, 0.1) is 0 Å². The molecule has 130 valence electrons. The quantitative estimate of drug-likeness (QED) is 0.435. The molecule has 2 N–H and O–H groups in total. The number of para-hydroxylation sites is 1. The van der Waals surface area contributed by atoms with Gasteiger partial charge in [-0.15, -0.1) is 0 Å². The highest BCUT2D eigenvalue weighted by molar-refractivity contribution is 5.79. The summed E-state index contributed by atoms with van der Waals surface area (Å²) in [5, 5.41) is 10.7. The first kappa shape index (κ1) is 17.8. The molecule has 0 saturated carbocycles. The minimum atomic E-state index is 0.510. The van der Waals surface area contributed by atoms with Gasteiger partial charge in [-0.3, -0.25) is 4.68 Å². The van der Waals surface area contributed by atoms with E-state index in [1.807, 2.05) is 13.1 Å². The van der Waals surface area contributed by atoms with E-state index in [1.165, 1.54) is 5.69 Å². The number of anilines is 1. The van der Waals surface area contributed by atoms with Crippen LogP contribution in [-0.4, -0.2) is 47.4 Å². The zero-order valence-electron chi connectivity index (χ0n) is 14.7. The number of guanidine groups is 1. The van der Waals surface area contributed by atoms with E-state index in [1.54, 1.807) is 11.0 Å². The molecule has 0 fully saturated rings. The number of aromatic nitrogens is 3. The molecule has 0 atom stereocenters. The predicted octanol–water partition coefficient (Wildman–Crippen LogP) is 1.40. The Morgan fingerprint density at radius 1 is 1.25 bits per heavy atom. The Kier molecular flexibility index (Phi) is 7.07. The van der Waals surface area contributed by atoms with Gasteiger partial charge >= 0.3 is 0 Å². The molecule has 1 aromatic carbocycles. The number of hydrogen-bond acceptors (Lipinski definition) is 4. The van der Waals surface area contributed by atoms with Crippen LogP contribution in [-0.2, 0) is 13.6 Å². The first-order valence-corrected chi connectivity index (χ1v) is 8.32. The fourth-order valence-electron chi connectivity index (χ4n) is 2.29. The third kappa shape index (κ3) is 5.57. The van der Waals surface area contributed by atoms with E-state index in [4.69, 9.17) is 0 Å². The van der Waals surface area contributed by atoms with Crippen LogP contribution in [0.2, 0.25) is 0 Å². The Labute approximate surface area is 143 Å².